The Kier molecular flexibility index (Phi) is 3.65. The summed E-state index contributed by atoms with van der Waals surface area (Å²) in [4.78, 5) is 4.01. The van der Waals surface area contributed by atoms with Gasteiger partial charge >= 0.3 is 0 Å². The molecule has 0 spiro atoms. The molecule has 1 aromatic carbocycles. The van der Waals surface area contributed by atoms with Gasteiger partial charge in [-0.3, -0.25) is 0 Å². The molecular weight excluding hydrogens is 243 g/mol. The normalized spacial score (nSPS) is 10.1. The molecule has 2 nitrogen and oxygen atoms in total. The Morgan fingerprint density at radius 2 is 2.00 bits per heavy atom. The minimum absolute atomic E-state index is 0.506. The third kappa shape index (κ3) is 3.12. The maximum Gasteiger partial charge on any atom is 0.129 e. The first kappa shape index (κ1) is 11.2. The van der Waals surface area contributed by atoms with Crippen molar-refractivity contribution in [2.45, 2.75) is 6.54 Å². The highest BCUT2D eigenvalue weighted by Crippen LogP contribution is 2.15. The number of nitrogens with zero attached hydrogens (tertiary/aromatic N) is 1. The van der Waals surface area contributed by atoms with Gasteiger partial charge in [0.05, 0.1) is 0 Å². The quantitative estimate of drug-likeness (QED) is 0.836. The highest BCUT2D eigenvalue weighted by Gasteiger charge is 1.96. The van der Waals surface area contributed by atoms with Crippen LogP contribution in [0, 0.1) is 0 Å². The van der Waals surface area contributed by atoms with Gasteiger partial charge in [-0.15, -0.1) is 0 Å². The standard InChI is InChI=1S/C12H10Cl2N2/c13-10-2-1-3-11(6-10)15-7-9-4-5-12(14)16-8-9/h1-6,8,15H,7H2. The summed E-state index contributed by atoms with van der Waals surface area (Å²) in [7, 11) is 0. The molecule has 2 aromatic rings. The molecule has 1 aromatic heterocycles. The van der Waals surface area contributed by atoms with Crippen molar-refractivity contribution in [1.29, 1.82) is 0 Å². The number of anilines is 1. The zero-order valence-electron chi connectivity index (χ0n) is 8.45. The molecule has 0 saturated heterocycles. The highest BCUT2D eigenvalue weighted by molar-refractivity contribution is 6.30. The molecule has 0 fully saturated rings. The summed E-state index contributed by atoms with van der Waals surface area (Å²) in [5, 5.41) is 4.48. The number of benzene rings is 1. The van der Waals surface area contributed by atoms with Crippen molar-refractivity contribution in [3.05, 3.63) is 58.3 Å². The first-order valence-electron chi connectivity index (χ1n) is 4.84. The molecule has 0 aliphatic carbocycles. The monoisotopic (exact) mass is 252 g/mol. The van der Waals surface area contributed by atoms with Crippen LogP contribution in [0.1, 0.15) is 5.56 Å². The Hall–Kier alpha value is -1.25. The minimum atomic E-state index is 0.506. The van der Waals surface area contributed by atoms with Crippen LogP contribution in [0.4, 0.5) is 5.69 Å². The second-order valence-electron chi connectivity index (χ2n) is 3.35. The zero-order valence-corrected chi connectivity index (χ0v) is 9.96. The van der Waals surface area contributed by atoms with Gasteiger partial charge in [0.1, 0.15) is 5.15 Å². The molecule has 0 amide bonds. The van der Waals surface area contributed by atoms with E-state index in [1.165, 1.54) is 0 Å². The summed E-state index contributed by atoms with van der Waals surface area (Å²) in [6, 6.07) is 11.3. The molecule has 0 bridgehead atoms. The lowest BCUT2D eigenvalue weighted by atomic mass is 10.2. The highest BCUT2D eigenvalue weighted by atomic mass is 35.5. The minimum Gasteiger partial charge on any atom is -0.381 e. The summed E-state index contributed by atoms with van der Waals surface area (Å²) in [5.74, 6) is 0. The molecular formula is C12H10Cl2N2. The van der Waals surface area contributed by atoms with E-state index in [0.29, 0.717) is 11.7 Å². The maximum atomic E-state index is 5.88. The van der Waals surface area contributed by atoms with E-state index in [-0.39, 0.29) is 0 Å². The second-order valence-corrected chi connectivity index (χ2v) is 4.18. The number of hydrogen-bond donors (Lipinski definition) is 1. The molecule has 0 aliphatic heterocycles. The molecule has 0 radical (unpaired) electrons. The first-order chi connectivity index (χ1) is 7.74. The maximum absolute atomic E-state index is 5.88. The van der Waals surface area contributed by atoms with Crippen molar-refractivity contribution in [1.82, 2.24) is 4.98 Å². The van der Waals surface area contributed by atoms with E-state index >= 15 is 0 Å². The van der Waals surface area contributed by atoms with Crippen LogP contribution < -0.4 is 5.32 Å². The van der Waals surface area contributed by atoms with Crippen molar-refractivity contribution in [2.75, 3.05) is 5.32 Å². The fourth-order valence-corrected chi connectivity index (χ4v) is 1.62. The van der Waals surface area contributed by atoms with Crippen LogP contribution in [0.2, 0.25) is 10.2 Å². The molecule has 0 aliphatic rings. The van der Waals surface area contributed by atoms with Gasteiger partial charge in [0.15, 0.2) is 0 Å². The van der Waals surface area contributed by atoms with Crippen molar-refractivity contribution >= 4 is 28.9 Å². The lowest BCUT2D eigenvalue weighted by Gasteiger charge is -2.06. The lowest BCUT2D eigenvalue weighted by Crippen LogP contribution is -1.99. The van der Waals surface area contributed by atoms with E-state index in [4.69, 9.17) is 23.2 Å². The smallest absolute Gasteiger partial charge is 0.129 e. The molecule has 1 N–H and O–H groups in total. The van der Waals surface area contributed by atoms with Crippen molar-refractivity contribution < 1.29 is 0 Å². The number of nitrogens with one attached hydrogen (secondary N) is 1. The first-order valence-corrected chi connectivity index (χ1v) is 5.59. The summed E-state index contributed by atoms with van der Waals surface area (Å²) < 4.78 is 0. The van der Waals surface area contributed by atoms with Crippen LogP contribution in [-0.4, -0.2) is 4.98 Å². The molecule has 82 valence electrons. The van der Waals surface area contributed by atoms with Crippen LogP contribution in [0.25, 0.3) is 0 Å². The summed E-state index contributed by atoms with van der Waals surface area (Å²) in [6.45, 7) is 0.699. The van der Waals surface area contributed by atoms with Gasteiger partial charge in [-0.1, -0.05) is 35.3 Å². The van der Waals surface area contributed by atoms with E-state index in [1.54, 1.807) is 12.3 Å². The van der Waals surface area contributed by atoms with E-state index < -0.39 is 0 Å². The van der Waals surface area contributed by atoms with E-state index in [0.717, 1.165) is 16.3 Å². The number of rotatable bonds is 3. The average molecular weight is 253 g/mol. The number of aromatic nitrogens is 1. The molecule has 1 heterocycles. The third-order valence-electron chi connectivity index (χ3n) is 2.11. The van der Waals surface area contributed by atoms with Gasteiger partial charge in [-0.05, 0) is 29.8 Å². The molecule has 0 saturated carbocycles. The van der Waals surface area contributed by atoms with Crippen LogP contribution in [0.15, 0.2) is 42.6 Å². The predicted molar refractivity (Wildman–Crippen MR) is 68.0 cm³/mol. The van der Waals surface area contributed by atoms with Crippen LogP contribution >= 0.6 is 23.2 Å². The summed E-state index contributed by atoms with van der Waals surface area (Å²) >= 11 is 11.6. The van der Waals surface area contributed by atoms with Gasteiger partial charge < -0.3 is 5.32 Å². The van der Waals surface area contributed by atoms with Gasteiger partial charge in [0.2, 0.25) is 0 Å². The van der Waals surface area contributed by atoms with Crippen molar-refractivity contribution in [2.24, 2.45) is 0 Å². The molecule has 4 heteroatoms. The Labute approximate surface area is 104 Å². The lowest BCUT2D eigenvalue weighted by molar-refractivity contribution is 1.11. The SMILES string of the molecule is Clc1cccc(NCc2ccc(Cl)nc2)c1. The van der Waals surface area contributed by atoms with Crippen LogP contribution in [0.3, 0.4) is 0 Å². The Bertz CT molecular complexity index is 469. The molecule has 0 atom stereocenters. The summed E-state index contributed by atoms with van der Waals surface area (Å²) in [6.07, 6.45) is 1.75. The van der Waals surface area contributed by atoms with Gasteiger partial charge in [0, 0.05) is 23.5 Å². The van der Waals surface area contributed by atoms with E-state index in [1.807, 2.05) is 30.3 Å². The largest absolute Gasteiger partial charge is 0.381 e. The van der Waals surface area contributed by atoms with Crippen LogP contribution in [-0.2, 0) is 6.54 Å². The molecule has 0 unspecified atom stereocenters. The van der Waals surface area contributed by atoms with E-state index in [9.17, 15) is 0 Å². The van der Waals surface area contributed by atoms with Crippen molar-refractivity contribution in [3.63, 3.8) is 0 Å². The average Bonchev–Trinajstić information content (AvgIpc) is 2.28. The van der Waals surface area contributed by atoms with Gasteiger partial charge in [-0.25, -0.2) is 4.98 Å². The Morgan fingerprint density at radius 3 is 2.69 bits per heavy atom. The number of halogens is 2. The fourth-order valence-electron chi connectivity index (χ4n) is 1.31. The Morgan fingerprint density at radius 1 is 1.12 bits per heavy atom. The number of pyridine rings is 1. The predicted octanol–water partition coefficient (Wildman–Crippen LogP) is 4.00. The topological polar surface area (TPSA) is 24.9 Å². The molecule has 2 rings (SSSR count). The fraction of sp³-hybridized carbons (Fsp3) is 0.0833. The number of hydrogen-bond acceptors (Lipinski definition) is 2. The summed E-state index contributed by atoms with van der Waals surface area (Å²) in [5.41, 5.74) is 2.06. The van der Waals surface area contributed by atoms with Crippen LogP contribution in [0.5, 0.6) is 0 Å². The zero-order chi connectivity index (χ0) is 11.4. The van der Waals surface area contributed by atoms with Gasteiger partial charge in [0.25, 0.3) is 0 Å². The second kappa shape index (κ2) is 5.19. The molecule has 16 heavy (non-hydrogen) atoms. The van der Waals surface area contributed by atoms with Gasteiger partial charge in [-0.2, -0.15) is 0 Å². The Balaban J connectivity index is 1.99. The van der Waals surface area contributed by atoms with E-state index in [2.05, 4.69) is 10.3 Å². The third-order valence-corrected chi connectivity index (χ3v) is 2.57. The van der Waals surface area contributed by atoms with Crippen molar-refractivity contribution in [3.8, 4) is 0 Å².